The maximum Gasteiger partial charge on any atom is 0.162 e. The fraction of sp³-hybridized carbons (Fsp3) is 0.188. The standard InChI is InChI=1S/C16H16BrNO2/c1-2-15(19)12-5-8-16(14(18)9-12)20-10-11-3-6-13(17)7-4-11/h3-9H,2,10,18H2,1H3. The Kier molecular flexibility index (Phi) is 4.79. The maximum absolute atomic E-state index is 11.6. The van der Waals surface area contributed by atoms with E-state index in [1.54, 1.807) is 18.2 Å². The Balaban J connectivity index is 2.06. The molecule has 0 amide bonds. The van der Waals surface area contributed by atoms with Crippen LogP contribution in [0.3, 0.4) is 0 Å². The highest BCUT2D eigenvalue weighted by atomic mass is 79.9. The van der Waals surface area contributed by atoms with Crippen molar-refractivity contribution in [3.63, 3.8) is 0 Å². The molecule has 0 bridgehead atoms. The topological polar surface area (TPSA) is 52.3 Å². The van der Waals surface area contributed by atoms with Crippen LogP contribution in [0.2, 0.25) is 0 Å². The number of ketones is 1. The van der Waals surface area contributed by atoms with E-state index in [1.165, 1.54) is 0 Å². The maximum atomic E-state index is 11.6. The van der Waals surface area contributed by atoms with E-state index in [1.807, 2.05) is 31.2 Å². The molecule has 2 rings (SSSR count). The first-order valence-corrected chi connectivity index (χ1v) is 7.19. The van der Waals surface area contributed by atoms with Crippen LogP contribution in [0.25, 0.3) is 0 Å². The van der Waals surface area contributed by atoms with Crippen LogP contribution in [-0.4, -0.2) is 5.78 Å². The Morgan fingerprint density at radius 2 is 1.90 bits per heavy atom. The Morgan fingerprint density at radius 3 is 2.50 bits per heavy atom. The summed E-state index contributed by atoms with van der Waals surface area (Å²) in [7, 11) is 0. The second-order valence-electron chi connectivity index (χ2n) is 4.44. The van der Waals surface area contributed by atoms with E-state index < -0.39 is 0 Å². The predicted octanol–water partition coefficient (Wildman–Crippen LogP) is 4.20. The summed E-state index contributed by atoms with van der Waals surface area (Å²) in [5.41, 5.74) is 8.09. The van der Waals surface area contributed by atoms with Gasteiger partial charge in [0, 0.05) is 16.5 Å². The van der Waals surface area contributed by atoms with Crippen molar-refractivity contribution in [3.8, 4) is 5.75 Å². The van der Waals surface area contributed by atoms with Gasteiger partial charge in [0.2, 0.25) is 0 Å². The van der Waals surface area contributed by atoms with Gasteiger partial charge in [0.05, 0.1) is 5.69 Å². The summed E-state index contributed by atoms with van der Waals surface area (Å²) in [6, 6.07) is 13.1. The van der Waals surface area contributed by atoms with Gasteiger partial charge in [-0.3, -0.25) is 4.79 Å². The minimum Gasteiger partial charge on any atom is -0.487 e. The van der Waals surface area contributed by atoms with Crippen molar-refractivity contribution < 1.29 is 9.53 Å². The molecule has 2 N–H and O–H groups in total. The van der Waals surface area contributed by atoms with E-state index >= 15 is 0 Å². The first-order valence-electron chi connectivity index (χ1n) is 6.40. The van der Waals surface area contributed by atoms with Crippen molar-refractivity contribution in [3.05, 3.63) is 58.1 Å². The quantitative estimate of drug-likeness (QED) is 0.658. The summed E-state index contributed by atoms with van der Waals surface area (Å²) < 4.78 is 6.71. The molecule has 0 unspecified atom stereocenters. The molecule has 4 heteroatoms. The van der Waals surface area contributed by atoms with E-state index in [2.05, 4.69) is 15.9 Å². The number of hydrogen-bond donors (Lipinski definition) is 1. The molecular formula is C16H16BrNO2. The van der Waals surface area contributed by atoms with E-state index in [0.717, 1.165) is 10.0 Å². The molecule has 0 aromatic heterocycles. The molecule has 3 nitrogen and oxygen atoms in total. The molecule has 2 aromatic carbocycles. The van der Waals surface area contributed by atoms with Crippen LogP contribution in [-0.2, 0) is 6.61 Å². The lowest BCUT2D eigenvalue weighted by Crippen LogP contribution is -2.02. The largest absolute Gasteiger partial charge is 0.487 e. The van der Waals surface area contributed by atoms with Gasteiger partial charge in [-0.25, -0.2) is 0 Å². The van der Waals surface area contributed by atoms with Gasteiger partial charge in [-0.05, 0) is 35.9 Å². The van der Waals surface area contributed by atoms with Gasteiger partial charge < -0.3 is 10.5 Å². The third-order valence-corrected chi connectivity index (χ3v) is 3.49. The normalized spacial score (nSPS) is 10.3. The molecule has 0 aliphatic heterocycles. The molecule has 104 valence electrons. The van der Waals surface area contributed by atoms with Crippen molar-refractivity contribution >= 4 is 27.4 Å². The van der Waals surface area contributed by atoms with Crippen molar-refractivity contribution in [1.82, 2.24) is 0 Å². The Hall–Kier alpha value is -1.81. The summed E-state index contributed by atoms with van der Waals surface area (Å²) in [6.45, 7) is 2.27. The molecular weight excluding hydrogens is 318 g/mol. The fourth-order valence-electron chi connectivity index (χ4n) is 1.80. The zero-order valence-electron chi connectivity index (χ0n) is 11.2. The number of halogens is 1. The first kappa shape index (κ1) is 14.6. The average molecular weight is 334 g/mol. The van der Waals surface area contributed by atoms with E-state index in [-0.39, 0.29) is 5.78 Å². The molecule has 0 saturated carbocycles. The second-order valence-corrected chi connectivity index (χ2v) is 5.36. The molecule has 0 aliphatic rings. The van der Waals surface area contributed by atoms with Crippen LogP contribution in [0, 0.1) is 0 Å². The Labute approximate surface area is 126 Å². The molecule has 0 radical (unpaired) electrons. The number of Topliss-reactive ketones (excluding diaryl/α,β-unsaturated/α-hetero) is 1. The molecule has 0 aliphatic carbocycles. The Morgan fingerprint density at radius 1 is 1.20 bits per heavy atom. The van der Waals surface area contributed by atoms with Crippen molar-refractivity contribution in [1.29, 1.82) is 0 Å². The molecule has 0 heterocycles. The number of nitrogen functional groups attached to an aromatic ring is 1. The summed E-state index contributed by atoms with van der Waals surface area (Å²) in [4.78, 5) is 11.6. The first-order chi connectivity index (χ1) is 9.60. The molecule has 0 atom stereocenters. The van der Waals surface area contributed by atoms with Crippen LogP contribution < -0.4 is 10.5 Å². The number of hydrogen-bond acceptors (Lipinski definition) is 3. The van der Waals surface area contributed by atoms with Crippen LogP contribution in [0.1, 0.15) is 29.3 Å². The zero-order chi connectivity index (χ0) is 14.5. The summed E-state index contributed by atoms with van der Waals surface area (Å²) >= 11 is 3.39. The smallest absolute Gasteiger partial charge is 0.162 e. The van der Waals surface area contributed by atoms with Crippen LogP contribution in [0.15, 0.2) is 46.9 Å². The van der Waals surface area contributed by atoms with Crippen molar-refractivity contribution in [2.75, 3.05) is 5.73 Å². The van der Waals surface area contributed by atoms with Crippen LogP contribution in [0.5, 0.6) is 5.75 Å². The molecule has 2 aromatic rings. The van der Waals surface area contributed by atoms with E-state index in [9.17, 15) is 4.79 Å². The molecule has 0 spiro atoms. The number of benzene rings is 2. The van der Waals surface area contributed by atoms with Gasteiger partial charge >= 0.3 is 0 Å². The van der Waals surface area contributed by atoms with E-state index in [0.29, 0.717) is 30.0 Å². The van der Waals surface area contributed by atoms with Crippen molar-refractivity contribution in [2.45, 2.75) is 20.0 Å². The van der Waals surface area contributed by atoms with E-state index in [4.69, 9.17) is 10.5 Å². The van der Waals surface area contributed by atoms with Gasteiger partial charge in [-0.1, -0.05) is 35.0 Å². The van der Waals surface area contributed by atoms with Gasteiger partial charge in [0.25, 0.3) is 0 Å². The average Bonchev–Trinajstić information content (AvgIpc) is 2.46. The number of rotatable bonds is 5. The minimum absolute atomic E-state index is 0.0798. The van der Waals surface area contributed by atoms with Gasteiger partial charge in [0.1, 0.15) is 12.4 Å². The highest BCUT2D eigenvalue weighted by Crippen LogP contribution is 2.24. The second kappa shape index (κ2) is 6.57. The van der Waals surface area contributed by atoms with Crippen LogP contribution >= 0.6 is 15.9 Å². The monoisotopic (exact) mass is 333 g/mol. The summed E-state index contributed by atoms with van der Waals surface area (Å²) in [5.74, 6) is 0.678. The summed E-state index contributed by atoms with van der Waals surface area (Å²) in [5, 5.41) is 0. The third kappa shape index (κ3) is 3.61. The van der Waals surface area contributed by atoms with Gasteiger partial charge in [-0.2, -0.15) is 0 Å². The lowest BCUT2D eigenvalue weighted by molar-refractivity contribution is 0.0988. The molecule has 0 fully saturated rings. The number of carbonyl (C=O) groups is 1. The number of carbonyl (C=O) groups excluding carboxylic acids is 1. The Bertz CT molecular complexity index is 608. The minimum atomic E-state index is 0.0798. The lowest BCUT2D eigenvalue weighted by Gasteiger charge is -2.10. The van der Waals surface area contributed by atoms with Crippen molar-refractivity contribution in [2.24, 2.45) is 0 Å². The fourth-order valence-corrected chi connectivity index (χ4v) is 2.06. The predicted molar refractivity (Wildman–Crippen MR) is 83.9 cm³/mol. The summed E-state index contributed by atoms with van der Waals surface area (Å²) in [6.07, 6.45) is 0.471. The zero-order valence-corrected chi connectivity index (χ0v) is 12.8. The molecule has 20 heavy (non-hydrogen) atoms. The third-order valence-electron chi connectivity index (χ3n) is 2.96. The van der Waals surface area contributed by atoms with Gasteiger partial charge in [0.15, 0.2) is 5.78 Å². The molecule has 0 saturated heterocycles. The van der Waals surface area contributed by atoms with Crippen LogP contribution in [0.4, 0.5) is 5.69 Å². The number of nitrogens with two attached hydrogens (primary N) is 1. The highest BCUT2D eigenvalue weighted by Gasteiger charge is 2.07. The van der Waals surface area contributed by atoms with Gasteiger partial charge in [-0.15, -0.1) is 0 Å². The SMILES string of the molecule is CCC(=O)c1ccc(OCc2ccc(Br)cc2)c(N)c1. The number of ether oxygens (including phenoxy) is 1. The number of anilines is 1. The highest BCUT2D eigenvalue weighted by molar-refractivity contribution is 9.10. The lowest BCUT2D eigenvalue weighted by atomic mass is 10.1.